The minimum atomic E-state index is -0.0323. The first-order valence-corrected chi connectivity index (χ1v) is 8.22. The van der Waals surface area contributed by atoms with Crippen LogP contribution < -0.4 is 5.32 Å². The molecule has 0 spiro atoms. The van der Waals surface area contributed by atoms with Crippen LogP contribution in [0.5, 0.6) is 0 Å². The Labute approximate surface area is 136 Å². The van der Waals surface area contributed by atoms with E-state index in [-0.39, 0.29) is 12.0 Å². The van der Waals surface area contributed by atoms with Crippen LogP contribution in [0.25, 0.3) is 0 Å². The molecule has 106 valence electrons. The smallest absolute Gasteiger partial charge is 0.252 e. The van der Waals surface area contributed by atoms with Crippen LogP contribution >= 0.6 is 38.5 Å². The fourth-order valence-corrected chi connectivity index (χ4v) is 2.43. The lowest BCUT2D eigenvalue weighted by Gasteiger charge is -2.09. The first-order chi connectivity index (χ1) is 9.00. The van der Waals surface area contributed by atoms with Gasteiger partial charge in [-0.15, -0.1) is 0 Å². The van der Waals surface area contributed by atoms with Crippen molar-refractivity contribution < 1.29 is 9.53 Å². The van der Waals surface area contributed by atoms with Gasteiger partial charge in [0.25, 0.3) is 5.91 Å². The van der Waals surface area contributed by atoms with Gasteiger partial charge in [-0.3, -0.25) is 4.79 Å². The van der Waals surface area contributed by atoms with E-state index in [9.17, 15) is 4.79 Å². The summed E-state index contributed by atoms with van der Waals surface area (Å²) in [5.41, 5.74) is 0.685. The molecule has 0 aromatic heterocycles. The molecule has 5 heteroatoms. The van der Waals surface area contributed by atoms with Crippen LogP contribution in [0.2, 0.25) is 0 Å². The van der Waals surface area contributed by atoms with Crippen molar-refractivity contribution in [2.75, 3.05) is 13.2 Å². The monoisotopic (exact) mass is 439 g/mol. The van der Waals surface area contributed by atoms with Crippen LogP contribution in [0.15, 0.2) is 22.7 Å². The van der Waals surface area contributed by atoms with Crippen molar-refractivity contribution in [3.8, 4) is 0 Å². The molecule has 0 saturated heterocycles. The van der Waals surface area contributed by atoms with Gasteiger partial charge in [-0.25, -0.2) is 0 Å². The third kappa shape index (κ3) is 6.72. The molecule has 3 nitrogen and oxygen atoms in total. The van der Waals surface area contributed by atoms with Gasteiger partial charge < -0.3 is 10.1 Å². The predicted octanol–water partition coefficient (Wildman–Crippen LogP) is 3.99. The molecular weight excluding hydrogens is 421 g/mol. The van der Waals surface area contributed by atoms with Crippen molar-refractivity contribution in [3.05, 3.63) is 31.8 Å². The average Bonchev–Trinajstić information content (AvgIpc) is 2.36. The number of amides is 1. The van der Waals surface area contributed by atoms with Gasteiger partial charge in [0.1, 0.15) is 0 Å². The predicted molar refractivity (Wildman–Crippen MR) is 89.5 cm³/mol. The normalized spacial score (nSPS) is 10.8. The fourth-order valence-electron chi connectivity index (χ4n) is 1.51. The largest absolute Gasteiger partial charge is 0.379 e. The van der Waals surface area contributed by atoms with Crippen molar-refractivity contribution >= 4 is 44.4 Å². The van der Waals surface area contributed by atoms with E-state index in [0.717, 1.165) is 27.5 Å². The summed E-state index contributed by atoms with van der Waals surface area (Å²) in [4.78, 5) is 12.0. The summed E-state index contributed by atoms with van der Waals surface area (Å²) in [6.07, 6.45) is 2.17. The topological polar surface area (TPSA) is 38.3 Å². The van der Waals surface area contributed by atoms with Crippen LogP contribution in [0.4, 0.5) is 0 Å². The Morgan fingerprint density at radius 3 is 2.84 bits per heavy atom. The lowest BCUT2D eigenvalue weighted by atomic mass is 10.2. The van der Waals surface area contributed by atoms with Crippen LogP contribution in [0, 0.1) is 3.57 Å². The van der Waals surface area contributed by atoms with Gasteiger partial charge >= 0.3 is 0 Å². The number of hydrogen-bond acceptors (Lipinski definition) is 2. The number of unbranched alkanes of at least 4 members (excludes halogenated alkanes) is 1. The van der Waals surface area contributed by atoms with Gasteiger partial charge in [-0.1, -0.05) is 0 Å². The third-order valence-corrected chi connectivity index (χ3v) is 3.84. The molecule has 0 atom stereocenters. The van der Waals surface area contributed by atoms with Crippen molar-refractivity contribution in [2.45, 2.75) is 32.8 Å². The highest BCUT2D eigenvalue weighted by Gasteiger charge is 2.09. The molecule has 19 heavy (non-hydrogen) atoms. The van der Waals surface area contributed by atoms with Crippen LogP contribution in [-0.2, 0) is 4.74 Å². The molecule has 0 fully saturated rings. The van der Waals surface area contributed by atoms with E-state index in [0.29, 0.717) is 12.1 Å². The van der Waals surface area contributed by atoms with Gasteiger partial charge in [0, 0.05) is 21.2 Å². The second-order valence-electron chi connectivity index (χ2n) is 4.51. The van der Waals surface area contributed by atoms with Crippen molar-refractivity contribution in [1.82, 2.24) is 5.32 Å². The Balaban J connectivity index is 2.29. The Morgan fingerprint density at radius 2 is 2.16 bits per heavy atom. The SMILES string of the molecule is CC(C)OCCCCNC(=O)c1cc(I)ccc1Br. The number of hydrogen-bond donors (Lipinski definition) is 1. The van der Waals surface area contributed by atoms with Crippen molar-refractivity contribution in [3.63, 3.8) is 0 Å². The van der Waals surface area contributed by atoms with E-state index in [1.807, 2.05) is 32.0 Å². The summed E-state index contributed by atoms with van der Waals surface area (Å²) in [5.74, 6) is -0.0323. The summed E-state index contributed by atoms with van der Waals surface area (Å²) in [7, 11) is 0. The molecule has 0 aliphatic rings. The summed E-state index contributed by atoms with van der Waals surface area (Å²) >= 11 is 5.60. The van der Waals surface area contributed by atoms with E-state index < -0.39 is 0 Å². The van der Waals surface area contributed by atoms with Crippen LogP contribution in [0.1, 0.15) is 37.0 Å². The van der Waals surface area contributed by atoms with Crippen molar-refractivity contribution in [2.24, 2.45) is 0 Å². The fraction of sp³-hybridized carbons (Fsp3) is 0.500. The van der Waals surface area contributed by atoms with Crippen LogP contribution in [-0.4, -0.2) is 25.2 Å². The number of rotatable bonds is 7. The molecule has 0 heterocycles. The summed E-state index contributed by atoms with van der Waals surface area (Å²) in [6, 6.07) is 5.74. The minimum Gasteiger partial charge on any atom is -0.379 e. The van der Waals surface area contributed by atoms with Gasteiger partial charge in [-0.2, -0.15) is 0 Å². The summed E-state index contributed by atoms with van der Waals surface area (Å²) in [6.45, 7) is 5.48. The van der Waals surface area contributed by atoms with Crippen molar-refractivity contribution in [1.29, 1.82) is 0 Å². The first kappa shape index (κ1) is 16.9. The molecule has 1 amide bonds. The van der Waals surface area contributed by atoms with E-state index in [2.05, 4.69) is 43.8 Å². The van der Waals surface area contributed by atoms with Gasteiger partial charge in [-0.05, 0) is 83.4 Å². The zero-order valence-electron chi connectivity index (χ0n) is 11.2. The molecule has 0 unspecified atom stereocenters. The number of benzene rings is 1. The highest BCUT2D eigenvalue weighted by molar-refractivity contribution is 14.1. The lowest BCUT2D eigenvalue weighted by molar-refractivity contribution is 0.0754. The molecule has 0 aliphatic heterocycles. The zero-order valence-corrected chi connectivity index (χ0v) is 15.0. The van der Waals surface area contributed by atoms with Crippen LogP contribution in [0.3, 0.4) is 0 Å². The average molecular weight is 440 g/mol. The first-order valence-electron chi connectivity index (χ1n) is 6.35. The maximum atomic E-state index is 12.0. The number of nitrogens with one attached hydrogen (secondary N) is 1. The maximum Gasteiger partial charge on any atom is 0.252 e. The maximum absolute atomic E-state index is 12.0. The Morgan fingerprint density at radius 1 is 1.42 bits per heavy atom. The third-order valence-electron chi connectivity index (χ3n) is 2.48. The van der Waals surface area contributed by atoms with Gasteiger partial charge in [0.05, 0.1) is 11.7 Å². The van der Waals surface area contributed by atoms with Gasteiger partial charge in [0.2, 0.25) is 0 Å². The molecule has 1 N–H and O–H groups in total. The quantitative estimate of drug-likeness (QED) is 0.515. The Bertz CT molecular complexity index is 424. The van der Waals surface area contributed by atoms with E-state index >= 15 is 0 Å². The second-order valence-corrected chi connectivity index (χ2v) is 6.61. The standard InChI is InChI=1S/C14H19BrINO2/c1-10(2)19-8-4-3-7-17-14(18)12-9-11(16)5-6-13(12)15/h5-6,9-10H,3-4,7-8H2,1-2H3,(H,17,18). The van der Waals surface area contributed by atoms with E-state index in [1.165, 1.54) is 0 Å². The van der Waals surface area contributed by atoms with Gasteiger partial charge in [0.15, 0.2) is 0 Å². The number of carbonyl (C=O) groups is 1. The lowest BCUT2D eigenvalue weighted by Crippen LogP contribution is -2.25. The van der Waals surface area contributed by atoms with E-state index in [1.54, 1.807) is 0 Å². The Kier molecular flexibility index (Phi) is 7.94. The second kappa shape index (κ2) is 8.92. The molecule has 1 aromatic carbocycles. The minimum absolute atomic E-state index is 0.0323. The molecule has 1 aromatic rings. The molecule has 0 aliphatic carbocycles. The summed E-state index contributed by atoms with van der Waals surface area (Å²) in [5, 5.41) is 2.93. The number of halogens is 2. The molecule has 1 rings (SSSR count). The highest BCUT2D eigenvalue weighted by atomic mass is 127. The van der Waals surface area contributed by atoms with E-state index in [4.69, 9.17) is 4.74 Å². The summed E-state index contributed by atoms with van der Waals surface area (Å²) < 4.78 is 7.33. The Hall–Kier alpha value is -0.140. The molecule has 0 saturated carbocycles. The molecule has 0 radical (unpaired) electrons. The molecule has 0 bridgehead atoms. The highest BCUT2D eigenvalue weighted by Crippen LogP contribution is 2.19. The number of ether oxygens (including phenoxy) is 1. The molecular formula is C14H19BrINO2. The zero-order chi connectivity index (χ0) is 14.3. The number of carbonyl (C=O) groups excluding carboxylic acids is 1.